The normalized spacial score (nSPS) is 12.6. The Kier molecular flexibility index (Phi) is 6.92. The fourth-order valence-electron chi connectivity index (χ4n) is 2.27. The maximum absolute atomic E-state index is 12.1. The first-order chi connectivity index (χ1) is 11.9. The maximum Gasteiger partial charge on any atom is 0.242 e. The predicted molar refractivity (Wildman–Crippen MR) is 96.7 cm³/mol. The lowest BCUT2D eigenvalue weighted by atomic mass is 10.0. The van der Waals surface area contributed by atoms with Gasteiger partial charge in [-0.25, -0.2) is 13.1 Å². The van der Waals surface area contributed by atoms with Crippen molar-refractivity contribution in [2.75, 3.05) is 6.54 Å². The fourth-order valence-corrected chi connectivity index (χ4v) is 3.39. The number of hydrogen-bond donors (Lipinski definition) is 2. The van der Waals surface area contributed by atoms with E-state index < -0.39 is 10.0 Å². The maximum atomic E-state index is 12.1. The molecular weight excluding hydrogens is 362 g/mol. The summed E-state index contributed by atoms with van der Waals surface area (Å²) in [4.78, 5) is 15.9. The van der Waals surface area contributed by atoms with Crippen molar-refractivity contribution in [3.05, 3.63) is 59.4 Å². The molecule has 0 spiro atoms. The average Bonchev–Trinajstić information content (AvgIpc) is 2.61. The van der Waals surface area contributed by atoms with E-state index >= 15 is 0 Å². The first-order valence-electron chi connectivity index (χ1n) is 7.87. The number of aromatic nitrogens is 1. The lowest BCUT2D eigenvalue weighted by Crippen LogP contribution is -2.32. The molecule has 0 radical (unpaired) electrons. The van der Waals surface area contributed by atoms with Crippen LogP contribution in [-0.4, -0.2) is 25.9 Å². The smallest absolute Gasteiger partial charge is 0.242 e. The monoisotopic (exact) mass is 381 g/mol. The Hall–Kier alpha value is -1.96. The van der Waals surface area contributed by atoms with Crippen molar-refractivity contribution in [3.63, 3.8) is 0 Å². The fraction of sp³-hybridized carbons (Fsp3) is 0.294. The third-order valence-corrected chi connectivity index (χ3v) is 5.30. The molecule has 0 aliphatic heterocycles. The largest absolute Gasteiger partial charge is 0.349 e. The Morgan fingerprint density at radius 2 is 1.96 bits per heavy atom. The third kappa shape index (κ3) is 5.81. The van der Waals surface area contributed by atoms with Crippen molar-refractivity contribution in [1.29, 1.82) is 0 Å². The molecule has 2 N–H and O–H groups in total. The van der Waals surface area contributed by atoms with E-state index in [-0.39, 0.29) is 29.8 Å². The summed E-state index contributed by atoms with van der Waals surface area (Å²) in [5.74, 6) is -0.226. The van der Waals surface area contributed by atoms with Crippen molar-refractivity contribution in [1.82, 2.24) is 15.0 Å². The van der Waals surface area contributed by atoms with Crippen LogP contribution in [0, 0.1) is 0 Å². The SMILES string of the molecule is CCC(NC(=O)CCNS(=O)(=O)c1cccnc1)c1ccc(Cl)cc1. The molecule has 134 valence electrons. The number of nitrogens with zero attached hydrogens (tertiary/aromatic N) is 1. The standard InChI is InChI=1S/C17H20ClN3O3S/c1-2-16(13-5-7-14(18)8-6-13)21-17(22)9-11-20-25(23,24)15-4-3-10-19-12-15/h3-8,10,12,16,20H,2,9,11H2,1H3,(H,21,22). The molecule has 0 saturated carbocycles. The molecule has 1 amide bonds. The minimum atomic E-state index is -3.65. The number of benzene rings is 1. The highest BCUT2D eigenvalue weighted by Gasteiger charge is 2.16. The number of hydrogen-bond acceptors (Lipinski definition) is 4. The van der Waals surface area contributed by atoms with E-state index in [0.29, 0.717) is 5.02 Å². The van der Waals surface area contributed by atoms with Gasteiger partial charge in [-0.3, -0.25) is 9.78 Å². The number of nitrogens with one attached hydrogen (secondary N) is 2. The summed E-state index contributed by atoms with van der Waals surface area (Å²) in [5.41, 5.74) is 0.955. The van der Waals surface area contributed by atoms with E-state index in [9.17, 15) is 13.2 Å². The number of pyridine rings is 1. The zero-order chi connectivity index (χ0) is 18.3. The Bertz CT molecular complexity index is 796. The lowest BCUT2D eigenvalue weighted by Gasteiger charge is -2.17. The predicted octanol–water partition coefficient (Wildman–Crippen LogP) is 2.67. The van der Waals surface area contributed by atoms with Crippen LogP contribution in [0.3, 0.4) is 0 Å². The zero-order valence-electron chi connectivity index (χ0n) is 13.8. The molecule has 1 aromatic heterocycles. The molecule has 0 bridgehead atoms. The molecule has 6 nitrogen and oxygen atoms in total. The molecule has 2 rings (SSSR count). The summed E-state index contributed by atoms with van der Waals surface area (Å²) >= 11 is 5.87. The van der Waals surface area contributed by atoms with Gasteiger partial charge in [-0.15, -0.1) is 0 Å². The van der Waals surface area contributed by atoms with Gasteiger partial charge in [0.1, 0.15) is 4.90 Å². The van der Waals surface area contributed by atoms with E-state index in [1.807, 2.05) is 19.1 Å². The van der Waals surface area contributed by atoms with Crippen LogP contribution in [0.15, 0.2) is 53.7 Å². The second kappa shape index (κ2) is 8.94. The number of amides is 1. The minimum absolute atomic E-state index is 0.0140. The van der Waals surface area contributed by atoms with Crippen molar-refractivity contribution in [3.8, 4) is 0 Å². The van der Waals surface area contributed by atoms with Crippen molar-refractivity contribution < 1.29 is 13.2 Å². The average molecular weight is 382 g/mol. The van der Waals surface area contributed by atoms with Crippen LogP contribution in [0.2, 0.25) is 5.02 Å². The minimum Gasteiger partial charge on any atom is -0.349 e. The number of carbonyl (C=O) groups is 1. The van der Waals surface area contributed by atoms with Gasteiger partial charge in [0.2, 0.25) is 15.9 Å². The molecule has 1 aromatic carbocycles. The summed E-state index contributed by atoms with van der Waals surface area (Å²) in [7, 11) is -3.65. The molecule has 0 saturated heterocycles. The van der Waals surface area contributed by atoms with Gasteiger partial charge >= 0.3 is 0 Å². The van der Waals surface area contributed by atoms with Gasteiger partial charge in [0.15, 0.2) is 0 Å². The molecule has 1 atom stereocenters. The lowest BCUT2D eigenvalue weighted by molar-refractivity contribution is -0.121. The number of carbonyl (C=O) groups excluding carboxylic acids is 1. The van der Waals surface area contributed by atoms with Gasteiger partial charge in [-0.2, -0.15) is 0 Å². The van der Waals surface area contributed by atoms with Gasteiger partial charge in [-0.1, -0.05) is 30.7 Å². The van der Waals surface area contributed by atoms with Gasteiger partial charge in [0.05, 0.1) is 6.04 Å². The van der Waals surface area contributed by atoms with E-state index in [2.05, 4.69) is 15.0 Å². The van der Waals surface area contributed by atoms with Gasteiger partial charge in [0.25, 0.3) is 0 Å². The first kappa shape index (κ1) is 19.4. The number of rotatable bonds is 8. The summed E-state index contributed by atoms with van der Waals surface area (Å²) < 4.78 is 26.5. The summed E-state index contributed by atoms with van der Waals surface area (Å²) in [6.45, 7) is 1.98. The molecule has 8 heteroatoms. The molecule has 0 aliphatic rings. The second-order valence-corrected chi connectivity index (χ2v) is 7.62. The molecule has 0 aliphatic carbocycles. The highest BCUT2D eigenvalue weighted by molar-refractivity contribution is 7.89. The molecule has 25 heavy (non-hydrogen) atoms. The van der Waals surface area contributed by atoms with E-state index in [4.69, 9.17) is 11.6 Å². The van der Waals surface area contributed by atoms with E-state index in [0.717, 1.165) is 12.0 Å². The van der Waals surface area contributed by atoms with Gasteiger partial charge in [0, 0.05) is 30.4 Å². The Morgan fingerprint density at radius 1 is 1.24 bits per heavy atom. The third-order valence-electron chi connectivity index (χ3n) is 3.60. The summed E-state index contributed by atoms with van der Waals surface area (Å²) in [6, 6.07) is 10.1. The van der Waals surface area contributed by atoms with Gasteiger partial charge in [-0.05, 0) is 36.2 Å². The van der Waals surface area contributed by atoms with Crippen LogP contribution in [0.5, 0.6) is 0 Å². The molecule has 1 heterocycles. The molecule has 2 aromatic rings. The Balaban J connectivity index is 1.86. The van der Waals surface area contributed by atoms with Crippen LogP contribution < -0.4 is 10.0 Å². The number of halogens is 1. The topological polar surface area (TPSA) is 88.2 Å². The summed E-state index contributed by atoms with van der Waals surface area (Å²) in [6.07, 6.45) is 3.52. The quantitative estimate of drug-likeness (QED) is 0.735. The Labute approximate surface area is 152 Å². The molecule has 0 fully saturated rings. The Morgan fingerprint density at radius 3 is 2.56 bits per heavy atom. The van der Waals surface area contributed by atoms with Crippen molar-refractivity contribution >= 4 is 27.5 Å². The van der Waals surface area contributed by atoms with Crippen LogP contribution in [-0.2, 0) is 14.8 Å². The summed E-state index contributed by atoms with van der Waals surface area (Å²) in [5, 5.41) is 3.53. The van der Waals surface area contributed by atoms with Crippen LogP contribution in [0.4, 0.5) is 0 Å². The van der Waals surface area contributed by atoms with E-state index in [1.54, 1.807) is 18.2 Å². The first-order valence-corrected chi connectivity index (χ1v) is 9.73. The molecular formula is C17H20ClN3O3S. The zero-order valence-corrected chi connectivity index (χ0v) is 15.3. The van der Waals surface area contributed by atoms with Crippen LogP contribution in [0.25, 0.3) is 0 Å². The van der Waals surface area contributed by atoms with Crippen molar-refractivity contribution in [2.45, 2.75) is 30.7 Å². The molecule has 1 unspecified atom stereocenters. The second-order valence-electron chi connectivity index (χ2n) is 5.42. The highest BCUT2D eigenvalue weighted by atomic mass is 35.5. The van der Waals surface area contributed by atoms with Crippen LogP contribution >= 0.6 is 11.6 Å². The highest BCUT2D eigenvalue weighted by Crippen LogP contribution is 2.19. The van der Waals surface area contributed by atoms with Gasteiger partial charge < -0.3 is 5.32 Å². The number of sulfonamides is 1. The van der Waals surface area contributed by atoms with Crippen LogP contribution in [0.1, 0.15) is 31.4 Å². The van der Waals surface area contributed by atoms with E-state index in [1.165, 1.54) is 18.5 Å². The van der Waals surface area contributed by atoms with Crippen molar-refractivity contribution in [2.24, 2.45) is 0 Å².